The summed E-state index contributed by atoms with van der Waals surface area (Å²) < 4.78 is 5.21. The summed E-state index contributed by atoms with van der Waals surface area (Å²) in [5.41, 5.74) is 9.52. The molecule has 3 aliphatic heterocycles. The van der Waals surface area contributed by atoms with Gasteiger partial charge >= 0.3 is 17.8 Å². The summed E-state index contributed by atoms with van der Waals surface area (Å²) in [5, 5.41) is 10.7. The number of hydrogen-bond acceptors (Lipinski definition) is 10. The van der Waals surface area contributed by atoms with Gasteiger partial charge < -0.3 is 24.6 Å². The number of benzene rings is 3. The fraction of sp³-hybridized carbons (Fsp3) is 0.408. The molecule has 3 aromatic carbocycles. The number of H-pyrrole nitrogens is 1. The van der Waals surface area contributed by atoms with Gasteiger partial charge in [-0.3, -0.25) is 19.8 Å². The highest BCUT2D eigenvalue weighted by Gasteiger charge is 2.28. The van der Waals surface area contributed by atoms with Crippen LogP contribution < -0.4 is 20.4 Å². The number of nitrogens with zero attached hydrogens (tertiary/aromatic N) is 7. The van der Waals surface area contributed by atoms with E-state index in [4.69, 9.17) is 21.1 Å². The number of aromatic nitrogens is 5. The second kappa shape index (κ2) is 18.2. The molecule has 15 heteroatoms. The first-order valence-electron chi connectivity index (χ1n) is 22.4. The summed E-state index contributed by atoms with van der Waals surface area (Å²) in [6.45, 7) is 14.0. The topological polar surface area (TPSA) is 165 Å². The Morgan fingerprint density at radius 2 is 1.67 bits per heavy atom. The third-order valence-electron chi connectivity index (χ3n) is 13.2. The first-order chi connectivity index (χ1) is 30.9. The summed E-state index contributed by atoms with van der Waals surface area (Å²) in [6.07, 6.45) is 7.73. The van der Waals surface area contributed by atoms with Crippen LogP contribution in [0.5, 0.6) is 0 Å². The number of fused-ring (bicyclic) bond motifs is 1. The van der Waals surface area contributed by atoms with Gasteiger partial charge in [-0.1, -0.05) is 73.9 Å². The van der Waals surface area contributed by atoms with Crippen molar-refractivity contribution in [3.8, 4) is 22.5 Å². The van der Waals surface area contributed by atoms with Crippen molar-refractivity contribution in [1.29, 1.82) is 0 Å². The molecule has 332 valence electrons. The Labute approximate surface area is 378 Å². The van der Waals surface area contributed by atoms with Crippen LogP contribution >= 0.6 is 11.6 Å². The number of imide groups is 1. The number of amides is 4. The lowest BCUT2D eigenvalue weighted by Gasteiger charge is -2.36. The smallest absolute Gasteiger partial charge is 0.328 e. The zero-order valence-electron chi connectivity index (χ0n) is 36.9. The van der Waals surface area contributed by atoms with Gasteiger partial charge in [-0.05, 0) is 123 Å². The molecule has 9 rings (SSSR count). The third-order valence-corrected chi connectivity index (χ3v) is 13.5. The van der Waals surface area contributed by atoms with Crippen molar-refractivity contribution in [2.75, 3.05) is 49.1 Å². The number of carbonyl (C=O) groups excluding carboxylic acids is 3. The van der Waals surface area contributed by atoms with Gasteiger partial charge in [0.15, 0.2) is 5.82 Å². The average Bonchev–Trinajstić information content (AvgIpc) is 3.98. The number of halogens is 1. The Hall–Kier alpha value is -6.12. The maximum absolute atomic E-state index is 12.7. The van der Waals surface area contributed by atoms with E-state index in [1.165, 1.54) is 16.9 Å². The first-order valence-corrected chi connectivity index (χ1v) is 22.8. The molecule has 64 heavy (non-hydrogen) atoms. The number of carbonyl (C=O) groups is 3. The number of hydrogen-bond donors (Lipinski definition) is 3. The normalized spacial score (nSPS) is 17.0. The van der Waals surface area contributed by atoms with Crippen molar-refractivity contribution in [2.24, 2.45) is 5.92 Å². The summed E-state index contributed by atoms with van der Waals surface area (Å²) in [7, 11) is 0. The highest BCUT2D eigenvalue weighted by Crippen LogP contribution is 2.36. The van der Waals surface area contributed by atoms with Crippen LogP contribution in [0.2, 0.25) is 5.02 Å². The summed E-state index contributed by atoms with van der Waals surface area (Å²) in [4.78, 5) is 60.3. The van der Waals surface area contributed by atoms with Crippen LogP contribution in [0, 0.1) is 12.8 Å². The number of aromatic amines is 1. The zero-order valence-corrected chi connectivity index (χ0v) is 37.7. The average molecular weight is 883 g/mol. The maximum Gasteiger partial charge on any atom is 0.328 e. The number of rotatable bonds is 11. The van der Waals surface area contributed by atoms with E-state index < -0.39 is 11.9 Å². The molecule has 0 bridgehead atoms. The fourth-order valence-electron chi connectivity index (χ4n) is 9.21. The van der Waals surface area contributed by atoms with Crippen molar-refractivity contribution in [2.45, 2.75) is 84.1 Å². The minimum Gasteiger partial charge on any atom is -0.371 e. The van der Waals surface area contributed by atoms with Crippen molar-refractivity contribution < 1.29 is 18.9 Å². The van der Waals surface area contributed by atoms with Gasteiger partial charge in [0.05, 0.1) is 16.4 Å². The first kappa shape index (κ1) is 43.1. The number of likely N-dealkylation sites (tertiary alicyclic amines) is 1. The van der Waals surface area contributed by atoms with Gasteiger partial charge in [0.1, 0.15) is 12.0 Å². The molecule has 3 aromatic heterocycles. The Morgan fingerprint density at radius 1 is 0.906 bits per heavy atom. The van der Waals surface area contributed by atoms with Gasteiger partial charge in [-0.15, -0.1) is 0 Å². The molecule has 14 nitrogen and oxygen atoms in total. The van der Waals surface area contributed by atoms with Gasteiger partial charge in [0, 0.05) is 60.3 Å². The van der Waals surface area contributed by atoms with Gasteiger partial charge in [-0.2, -0.15) is 4.98 Å². The van der Waals surface area contributed by atoms with E-state index in [2.05, 4.69) is 76.9 Å². The minimum absolute atomic E-state index is 0.0416. The van der Waals surface area contributed by atoms with E-state index in [0.717, 1.165) is 109 Å². The Bertz CT molecular complexity index is 2670. The van der Waals surface area contributed by atoms with Crippen LogP contribution in [0.1, 0.15) is 98.4 Å². The molecule has 4 amide bonds. The molecular formula is C49H55ClN10O4. The molecule has 0 unspecified atom stereocenters. The third kappa shape index (κ3) is 9.39. The summed E-state index contributed by atoms with van der Waals surface area (Å²) in [5.74, 6) is 1.06. The van der Waals surface area contributed by atoms with E-state index in [1.54, 1.807) is 6.33 Å². The lowest BCUT2D eigenvalue weighted by molar-refractivity contribution is -0.120. The van der Waals surface area contributed by atoms with Crippen molar-refractivity contribution in [3.63, 3.8) is 0 Å². The highest BCUT2D eigenvalue weighted by atomic mass is 35.5. The molecule has 6 aromatic rings. The summed E-state index contributed by atoms with van der Waals surface area (Å²) in [6, 6.07) is 22.8. The van der Waals surface area contributed by atoms with E-state index in [9.17, 15) is 14.4 Å². The lowest BCUT2D eigenvalue weighted by atomic mass is 9.88. The van der Waals surface area contributed by atoms with Crippen LogP contribution in [0.15, 0.2) is 77.6 Å². The fourth-order valence-corrected chi connectivity index (χ4v) is 9.49. The molecule has 0 radical (unpaired) electrons. The van der Waals surface area contributed by atoms with Gasteiger partial charge in [-0.25, -0.2) is 14.8 Å². The Balaban J connectivity index is 0.745. The molecule has 3 saturated heterocycles. The predicted molar refractivity (Wildman–Crippen MR) is 249 cm³/mol. The number of nitrogens with one attached hydrogen (secondary N) is 3. The maximum atomic E-state index is 12.7. The molecule has 0 saturated carbocycles. The van der Waals surface area contributed by atoms with E-state index in [1.807, 2.05) is 58.0 Å². The number of aryl methyl sites for hydroxylation is 1. The molecule has 0 spiro atoms. The molecular weight excluding hydrogens is 828 g/mol. The quantitative estimate of drug-likeness (QED) is 0.115. The summed E-state index contributed by atoms with van der Waals surface area (Å²) >= 11 is 6.65. The standard InChI is InChI=1S/C49H55ClN10O4/c1-30-25-35(9-10-36(30)28-51-45(62)46-56-47(57-64-46)49(2,3)4)43-38-27-40(54-44(38)53-29-52-43)34-7-5-32(6-8-34)33-16-20-58(21-17-33)19-13-31-14-22-59(23-15-31)37-11-12-41(39(50)26-37)60-24-18-42(61)55-48(60)63/h5-12,25-27,29,31,33H,13-24,28H2,1-4H3,(H,51,62)(H,52,53,54)(H,55,61,63). The molecule has 3 N–H and O–H groups in total. The van der Waals surface area contributed by atoms with E-state index in [0.29, 0.717) is 41.5 Å². The van der Waals surface area contributed by atoms with Crippen LogP contribution in [-0.4, -0.2) is 87.1 Å². The molecule has 0 atom stereocenters. The van der Waals surface area contributed by atoms with Gasteiger partial charge in [0.2, 0.25) is 5.91 Å². The SMILES string of the molecule is Cc1cc(-c2ncnc3[nH]c(-c4ccc(C5CCN(CCC6CCN(c7ccc(N8CCC(=O)NC8=O)c(Cl)c7)CC6)CC5)cc4)cc23)ccc1CNC(=O)c1nc(C(C)(C)C)no1. The second-order valence-corrected chi connectivity index (χ2v) is 18.9. The van der Waals surface area contributed by atoms with Crippen LogP contribution in [0.3, 0.4) is 0 Å². The largest absolute Gasteiger partial charge is 0.371 e. The Morgan fingerprint density at radius 3 is 2.38 bits per heavy atom. The van der Waals surface area contributed by atoms with Crippen molar-refractivity contribution in [3.05, 3.63) is 106 Å². The monoisotopic (exact) mass is 882 g/mol. The van der Waals surface area contributed by atoms with Crippen LogP contribution in [0.4, 0.5) is 16.2 Å². The lowest BCUT2D eigenvalue weighted by Crippen LogP contribution is -2.49. The van der Waals surface area contributed by atoms with E-state index >= 15 is 0 Å². The number of piperidine rings is 2. The molecule has 3 fully saturated rings. The zero-order chi connectivity index (χ0) is 44.5. The minimum atomic E-state index is -0.421. The van der Waals surface area contributed by atoms with Crippen molar-refractivity contribution >= 4 is 51.9 Å². The molecule has 0 aliphatic carbocycles. The Kier molecular flexibility index (Phi) is 12.2. The van der Waals surface area contributed by atoms with Crippen LogP contribution in [0.25, 0.3) is 33.5 Å². The van der Waals surface area contributed by atoms with Gasteiger partial charge in [0.25, 0.3) is 0 Å². The highest BCUT2D eigenvalue weighted by molar-refractivity contribution is 6.34. The predicted octanol–water partition coefficient (Wildman–Crippen LogP) is 8.80. The molecule has 6 heterocycles. The van der Waals surface area contributed by atoms with Crippen molar-refractivity contribution in [1.82, 2.24) is 40.6 Å². The number of anilines is 2. The molecule has 3 aliphatic rings. The van der Waals surface area contributed by atoms with Crippen LogP contribution in [-0.2, 0) is 16.8 Å². The van der Waals surface area contributed by atoms with E-state index in [-0.39, 0.29) is 23.6 Å². The number of urea groups is 1. The second-order valence-electron chi connectivity index (χ2n) is 18.5.